The highest BCUT2D eigenvalue weighted by Crippen LogP contribution is 2.25. The quantitative estimate of drug-likeness (QED) is 0.311. The van der Waals surface area contributed by atoms with Crippen LogP contribution in [0.5, 0.6) is 0 Å². The number of hydrogen-bond acceptors (Lipinski definition) is 3. The summed E-state index contributed by atoms with van der Waals surface area (Å²) in [6, 6.07) is 1.48. The highest BCUT2D eigenvalue weighted by molar-refractivity contribution is 6.08. The standard InChI is InChI=1S/C16H39N3Si/c1-17(2)16(18(3)4,19(5)6)14-12-10-8-7-9-11-13-15-20/h7-15H2,1-6,20H3. The molecule has 0 saturated heterocycles. The van der Waals surface area contributed by atoms with Gasteiger partial charge in [0.05, 0.1) is 0 Å². The van der Waals surface area contributed by atoms with Gasteiger partial charge in [-0.3, -0.25) is 14.7 Å². The summed E-state index contributed by atoms with van der Waals surface area (Å²) < 4.78 is 0. The Labute approximate surface area is 131 Å². The smallest absolute Gasteiger partial charge is 0.129 e. The summed E-state index contributed by atoms with van der Waals surface area (Å²) >= 11 is 0. The van der Waals surface area contributed by atoms with Crippen molar-refractivity contribution in [2.24, 2.45) is 0 Å². The number of rotatable bonds is 12. The molecule has 4 heteroatoms. The summed E-state index contributed by atoms with van der Waals surface area (Å²) in [4.78, 5) is 7.04. The first-order valence-corrected chi connectivity index (χ1v) is 9.83. The Balaban J connectivity index is 4.04. The third kappa shape index (κ3) is 6.25. The van der Waals surface area contributed by atoms with Gasteiger partial charge in [-0.2, -0.15) is 0 Å². The van der Waals surface area contributed by atoms with Crippen molar-refractivity contribution < 1.29 is 0 Å². The Morgan fingerprint density at radius 3 is 1.30 bits per heavy atom. The second-order valence-electron chi connectivity index (χ2n) is 6.68. The van der Waals surface area contributed by atoms with E-state index in [-0.39, 0.29) is 5.79 Å². The van der Waals surface area contributed by atoms with E-state index in [0.29, 0.717) is 0 Å². The zero-order valence-electron chi connectivity index (χ0n) is 15.2. The van der Waals surface area contributed by atoms with Crippen LogP contribution in [0.25, 0.3) is 0 Å². The molecule has 122 valence electrons. The van der Waals surface area contributed by atoms with Crippen molar-refractivity contribution in [1.29, 1.82) is 0 Å². The van der Waals surface area contributed by atoms with Crippen molar-refractivity contribution in [2.45, 2.75) is 63.2 Å². The lowest BCUT2D eigenvalue weighted by atomic mass is 10.0. The molecule has 0 aliphatic heterocycles. The Hall–Kier alpha value is 0.0969. The minimum atomic E-state index is 0.0485. The van der Waals surface area contributed by atoms with Crippen LogP contribution in [0.2, 0.25) is 6.04 Å². The van der Waals surface area contributed by atoms with E-state index in [1.54, 1.807) is 0 Å². The molecule has 0 rings (SSSR count). The molecule has 0 aromatic rings. The van der Waals surface area contributed by atoms with Crippen LogP contribution in [0, 0.1) is 0 Å². The highest BCUT2D eigenvalue weighted by atomic mass is 28.1. The Morgan fingerprint density at radius 2 is 0.950 bits per heavy atom. The zero-order chi connectivity index (χ0) is 15.6. The third-order valence-corrected chi connectivity index (χ3v) is 5.22. The summed E-state index contributed by atoms with van der Waals surface area (Å²) in [6.45, 7) is 0. The van der Waals surface area contributed by atoms with Crippen LogP contribution in [-0.2, 0) is 0 Å². The van der Waals surface area contributed by atoms with E-state index in [0.717, 1.165) is 0 Å². The van der Waals surface area contributed by atoms with E-state index in [9.17, 15) is 0 Å². The first-order chi connectivity index (χ1) is 9.39. The van der Waals surface area contributed by atoms with Crippen LogP contribution in [0.15, 0.2) is 0 Å². The molecule has 0 bridgehead atoms. The van der Waals surface area contributed by atoms with Crippen LogP contribution in [0.4, 0.5) is 0 Å². The third-order valence-electron chi connectivity index (χ3n) is 4.51. The lowest BCUT2D eigenvalue weighted by Gasteiger charge is -2.50. The van der Waals surface area contributed by atoms with E-state index in [1.807, 2.05) is 0 Å². The molecule has 0 saturated carbocycles. The molecule has 0 aromatic carbocycles. The van der Waals surface area contributed by atoms with Crippen LogP contribution in [-0.4, -0.2) is 73.0 Å². The molecular weight excluding hydrogens is 262 g/mol. The first-order valence-electron chi connectivity index (χ1n) is 8.41. The number of nitrogens with zero attached hydrogens (tertiary/aromatic N) is 3. The minimum absolute atomic E-state index is 0.0485. The first kappa shape index (κ1) is 20.1. The molecular formula is C16H39N3Si. The monoisotopic (exact) mass is 301 g/mol. The molecule has 0 radical (unpaired) electrons. The lowest BCUT2D eigenvalue weighted by molar-refractivity contribution is -0.115. The molecule has 0 heterocycles. The Morgan fingerprint density at radius 1 is 0.600 bits per heavy atom. The predicted octanol–water partition coefficient (Wildman–Crippen LogP) is 2.23. The van der Waals surface area contributed by atoms with Gasteiger partial charge in [-0.05, 0) is 55.1 Å². The van der Waals surface area contributed by atoms with Crippen molar-refractivity contribution in [2.75, 3.05) is 42.3 Å². The molecule has 0 spiro atoms. The summed E-state index contributed by atoms with van der Waals surface area (Å²) in [7, 11) is 14.5. The van der Waals surface area contributed by atoms with Crippen LogP contribution >= 0.6 is 0 Å². The van der Waals surface area contributed by atoms with Crippen molar-refractivity contribution >= 4 is 10.2 Å². The molecule has 0 N–H and O–H groups in total. The molecule has 0 aromatic heterocycles. The molecule has 0 aliphatic carbocycles. The summed E-state index contributed by atoms with van der Waals surface area (Å²) in [5.74, 6) is 0.0485. The van der Waals surface area contributed by atoms with Gasteiger partial charge in [0.15, 0.2) is 0 Å². The molecule has 20 heavy (non-hydrogen) atoms. The second-order valence-corrected chi connectivity index (χ2v) is 7.68. The second kappa shape index (κ2) is 10.8. The van der Waals surface area contributed by atoms with E-state index in [1.165, 1.54) is 67.7 Å². The average molecular weight is 302 g/mol. The normalized spacial score (nSPS) is 13.1. The van der Waals surface area contributed by atoms with Gasteiger partial charge in [0.1, 0.15) is 5.79 Å². The molecule has 0 fully saturated rings. The van der Waals surface area contributed by atoms with Crippen molar-refractivity contribution in [3.8, 4) is 0 Å². The summed E-state index contributed by atoms with van der Waals surface area (Å²) in [5.41, 5.74) is 0. The van der Waals surface area contributed by atoms with Gasteiger partial charge < -0.3 is 0 Å². The number of unbranched alkanes of at least 4 members (excludes halogenated alkanes) is 6. The van der Waals surface area contributed by atoms with E-state index in [4.69, 9.17) is 0 Å². The molecule has 0 unspecified atom stereocenters. The molecule has 0 amide bonds. The maximum absolute atomic E-state index is 2.35. The highest BCUT2D eigenvalue weighted by Gasteiger charge is 2.36. The van der Waals surface area contributed by atoms with Gasteiger partial charge in [-0.15, -0.1) is 0 Å². The van der Waals surface area contributed by atoms with Gasteiger partial charge in [-0.25, -0.2) is 0 Å². The van der Waals surface area contributed by atoms with Crippen molar-refractivity contribution in [3.63, 3.8) is 0 Å². The van der Waals surface area contributed by atoms with Crippen LogP contribution in [0.3, 0.4) is 0 Å². The fraction of sp³-hybridized carbons (Fsp3) is 1.00. The molecule has 0 atom stereocenters. The number of hydrogen-bond donors (Lipinski definition) is 0. The predicted molar refractivity (Wildman–Crippen MR) is 95.5 cm³/mol. The lowest BCUT2D eigenvalue weighted by Crippen LogP contribution is -2.63. The minimum Gasteiger partial charge on any atom is -0.279 e. The maximum atomic E-state index is 2.35. The SMILES string of the molecule is CN(C)C(CCCCCCCCC[SiH3])(N(C)C)N(C)C. The van der Waals surface area contributed by atoms with Gasteiger partial charge >= 0.3 is 0 Å². The largest absolute Gasteiger partial charge is 0.279 e. The fourth-order valence-electron chi connectivity index (χ4n) is 3.37. The summed E-state index contributed by atoms with van der Waals surface area (Å²) in [5, 5.41) is 0. The molecule has 3 nitrogen and oxygen atoms in total. The van der Waals surface area contributed by atoms with Gasteiger partial charge in [0.2, 0.25) is 0 Å². The molecule has 0 aliphatic rings. The van der Waals surface area contributed by atoms with E-state index in [2.05, 4.69) is 57.0 Å². The topological polar surface area (TPSA) is 9.72 Å². The van der Waals surface area contributed by atoms with Gasteiger partial charge in [0, 0.05) is 10.2 Å². The Bertz CT molecular complexity index is 208. The van der Waals surface area contributed by atoms with E-state index >= 15 is 0 Å². The van der Waals surface area contributed by atoms with E-state index < -0.39 is 0 Å². The average Bonchev–Trinajstić information content (AvgIpc) is 2.35. The van der Waals surface area contributed by atoms with Crippen LogP contribution in [0.1, 0.15) is 51.4 Å². The maximum Gasteiger partial charge on any atom is 0.129 e. The summed E-state index contributed by atoms with van der Waals surface area (Å²) in [6.07, 6.45) is 11.1. The fourth-order valence-corrected chi connectivity index (χ4v) is 3.87. The van der Waals surface area contributed by atoms with Gasteiger partial charge in [0.25, 0.3) is 0 Å². The van der Waals surface area contributed by atoms with Crippen LogP contribution < -0.4 is 0 Å². The van der Waals surface area contributed by atoms with Gasteiger partial charge in [-0.1, -0.05) is 44.6 Å². The van der Waals surface area contributed by atoms with Crippen molar-refractivity contribution in [3.05, 3.63) is 0 Å². The zero-order valence-corrected chi connectivity index (χ0v) is 17.2. The Kier molecular flexibility index (Phi) is 10.8. The van der Waals surface area contributed by atoms with Crippen molar-refractivity contribution in [1.82, 2.24) is 14.7 Å².